The van der Waals surface area contributed by atoms with Gasteiger partial charge in [-0.15, -0.1) is 20.4 Å². The van der Waals surface area contributed by atoms with E-state index in [-0.39, 0.29) is 0 Å². The third-order valence-corrected chi connectivity index (χ3v) is 16.2. The van der Waals surface area contributed by atoms with Gasteiger partial charge in [0.25, 0.3) is 11.4 Å². The molecule has 0 unspecified atom stereocenters. The molecule has 32 heavy (non-hydrogen) atoms. The molecule has 0 atom stereocenters. The van der Waals surface area contributed by atoms with Crippen LogP contribution in [0.4, 0.5) is 0 Å². The molecular formula is C16H28N4O4P2S6. The molecule has 2 heterocycles. The minimum absolute atomic E-state index is 0.522. The molecule has 0 spiro atoms. The molecule has 0 aromatic carbocycles. The molecule has 0 aliphatic rings. The van der Waals surface area contributed by atoms with Gasteiger partial charge < -0.3 is 18.1 Å². The van der Waals surface area contributed by atoms with Crippen molar-refractivity contribution in [1.82, 2.24) is 20.4 Å². The summed E-state index contributed by atoms with van der Waals surface area (Å²) in [6, 6.07) is 0. The predicted octanol–water partition coefficient (Wildman–Crippen LogP) is 6.73. The van der Waals surface area contributed by atoms with E-state index in [1.807, 2.05) is 27.7 Å². The maximum atomic E-state index is 5.66. The number of aromatic nitrogens is 4. The van der Waals surface area contributed by atoms with Gasteiger partial charge in [-0.2, -0.15) is 0 Å². The second kappa shape index (κ2) is 15.2. The smallest absolute Gasteiger partial charge is 0.254 e. The number of nitrogens with zero attached hydrogens (tertiary/aromatic N) is 4. The second-order valence-corrected chi connectivity index (χ2v) is 20.7. The normalized spacial score (nSPS) is 12.5. The van der Waals surface area contributed by atoms with Gasteiger partial charge >= 0.3 is 0 Å². The highest BCUT2D eigenvalue weighted by Crippen LogP contribution is 2.65. The molecule has 2 aromatic heterocycles. The van der Waals surface area contributed by atoms with Crippen LogP contribution in [0.1, 0.15) is 50.6 Å². The average Bonchev–Trinajstić information content (AvgIpc) is 3.35. The highest BCUT2D eigenvalue weighted by molar-refractivity contribution is 8.68. The lowest BCUT2D eigenvalue weighted by atomic mass is 10.2. The van der Waals surface area contributed by atoms with Crippen LogP contribution in [0.5, 0.6) is 0 Å². The van der Waals surface area contributed by atoms with E-state index < -0.39 is 11.4 Å². The lowest BCUT2D eigenvalue weighted by Gasteiger charge is -2.17. The quantitative estimate of drug-likeness (QED) is 0.144. The Morgan fingerprint density at radius 2 is 1.00 bits per heavy atom. The summed E-state index contributed by atoms with van der Waals surface area (Å²) in [7, 11) is 0. The number of aryl methyl sites for hydroxylation is 2. The van der Waals surface area contributed by atoms with E-state index in [0.717, 1.165) is 44.4 Å². The maximum absolute atomic E-state index is 5.66. The summed E-state index contributed by atoms with van der Waals surface area (Å²) in [6.07, 6.45) is 3.70. The Morgan fingerprint density at radius 3 is 1.31 bits per heavy atom. The van der Waals surface area contributed by atoms with Gasteiger partial charge in [-0.25, -0.2) is 0 Å². The fraction of sp³-hybridized carbons (Fsp3) is 0.750. The Morgan fingerprint density at radius 1 is 0.656 bits per heavy atom. The lowest BCUT2D eigenvalue weighted by Crippen LogP contribution is -1.91. The van der Waals surface area contributed by atoms with Crippen LogP contribution < -0.4 is 0 Å². The van der Waals surface area contributed by atoms with Gasteiger partial charge in [-0.05, 0) is 86.9 Å². The first-order valence-electron chi connectivity index (χ1n) is 10.2. The molecule has 0 bridgehead atoms. The monoisotopic (exact) mass is 594 g/mol. The molecule has 0 fully saturated rings. The van der Waals surface area contributed by atoms with E-state index in [4.69, 9.17) is 41.7 Å². The predicted molar refractivity (Wildman–Crippen MR) is 143 cm³/mol. The van der Waals surface area contributed by atoms with Crippen LogP contribution in [-0.2, 0) is 54.6 Å². The molecule has 16 heteroatoms. The van der Waals surface area contributed by atoms with Gasteiger partial charge in [0.05, 0.1) is 26.4 Å². The summed E-state index contributed by atoms with van der Waals surface area (Å²) in [4.78, 5) is 0. The third-order valence-electron chi connectivity index (χ3n) is 3.46. The van der Waals surface area contributed by atoms with Crippen molar-refractivity contribution in [2.45, 2.75) is 62.1 Å². The number of unbranched alkanes of at least 4 members (excludes halogenated alkanes) is 1. The van der Waals surface area contributed by atoms with E-state index in [2.05, 4.69) is 20.4 Å². The molecule has 0 N–H and O–H groups in total. The van der Waals surface area contributed by atoms with Gasteiger partial charge in [-0.3, -0.25) is 0 Å². The highest BCUT2D eigenvalue weighted by Gasteiger charge is 2.24. The summed E-state index contributed by atoms with van der Waals surface area (Å²) >= 11 is 17.0. The zero-order valence-electron chi connectivity index (χ0n) is 18.4. The minimum atomic E-state index is -2.40. The zero-order valence-corrected chi connectivity index (χ0v) is 25.1. The van der Waals surface area contributed by atoms with Crippen molar-refractivity contribution < 1.29 is 18.1 Å². The fourth-order valence-electron chi connectivity index (χ4n) is 2.31. The number of hydrogen-bond donors (Lipinski definition) is 0. The summed E-state index contributed by atoms with van der Waals surface area (Å²) in [5.74, 6) is 0. The summed E-state index contributed by atoms with van der Waals surface area (Å²) < 4.78 is 24.2. The third kappa shape index (κ3) is 10.3. The fourth-order valence-corrected chi connectivity index (χ4v) is 15.7. The number of rotatable bonds is 17. The molecular weight excluding hydrogens is 567 g/mol. The van der Waals surface area contributed by atoms with Crippen LogP contribution in [0, 0.1) is 0 Å². The standard InChI is InChI=1S/C16H28N4O4P2S6/c1-5-21-25(27,22-6-2)31-15-19-17-13(29-15)11-9-10-12-14-18-20-16(30-14)32-26(28,23-7-3)24-8-4/h5-12H2,1-4H3. The largest absolute Gasteiger partial charge is 0.322 e. The van der Waals surface area contributed by atoms with E-state index in [1.54, 1.807) is 22.7 Å². The SMILES string of the molecule is CCOP(=S)(OCC)Sc1nnc(CCCCc2nnc(SP(=S)(OCC)OCC)s2)s1. The van der Waals surface area contributed by atoms with Crippen LogP contribution in [0.2, 0.25) is 0 Å². The molecule has 2 aromatic rings. The topological polar surface area (TPSA) is 88.5 Å². The average molecular weight is 595 g/mol. The van der Waals surface area contributed by atoms with Crippen molar-refractivity contribution in [3.05, 3.63) is 10.0 Å². The van der Waals surface area contributed by atoms with E-state index in [9.17, 15) is 0 Å². The molecule has 0 aliphatic carbocycles. The van der Waals surface area contributed by atoms with Gasteiger partial charge in [0, 0.05) is 12.8 Å². The van der Waals surface area contributed by atoms with E-state index in [1.165, 1.54) is 22.8 Å². The van der Waals surface area contributed by atoms with E-state index in [0.29, 0.717) is 26.4 Å². The van der Waals surface area contributed by atoms with Crippen molar-refractivity contribution in [1.29, 1.82) is 0 Å². The molecule has 0 saturated carbocycles. The Bertz CT molecular complexity index is 822. The molecule has 8 nitrogen and oxygen atoms in total. The van der Waals surface area contributed by atoms with Gasteiger partial charge in [-0.1, -0.05) is 22.7 Å². The Labute approximate surface area is 216 Å². The van der Waals surface area contributed by atoms with Crippen molar-refractivity contribution in [2.75, 3.05) is 26.4 Å². The van der Waals surface area contributed by atoms with Crippen molar-refractivity contribution in [2.24, 2.45) is 0 Å². The van der Waals surface area contributed by atoms with Crippen molar-refractivity contribution >= 4 is 80.4 Å². The first-order chi connectivity index (χ1) is 15.3. The Kier molecular flexibility index (Phi) is 13.8. The van der Waals surface area contributed by atoms with Crippen LogP contribution in [0.25, 0.3) is 0 Å². The van der Waals surface area contributed by atoms with Crippen LogP contribution >= 0.6 is 56.8 Å². The van der Waals surface area contributed by atoms with Gasteiger partial charge in [0.1, 0.15) is 10.0 Å². The first kappa shape index (κ1) is 29.2. The molecule has 0 radical (unpaired) electrons. The molecule has 0 amide bonds. The second-order valence-electron chi connectivity index (χ2n) is 5.88. The summed E-state index contributed by atoms with van der Waals surface area (Å²) in [6.45, 7) is 9.75. The molecule has 182 valence electrons. The number of hydrogen-bond acceptors (Lipinski definition) is 14. The van der Waals surface area contributed by atoms with Crippen LogP contribution in [-0.4, -0.2) is 46.8 Å². The summed E-state index contributed by atoms with van der Waals surface area (Å²) in [5.41, 5.74) is -4.81. The van der Waals surface area contributed by atoms with Crippen molar-refractivity contribution in [3.63, 3.8) is 0 Å². The minimum Gasteiger partial charge on any atom is -0.322 e. The summed E-state index contributed by atoms with van der Waals surface area (Å²) in [5, 5.41) is 19.1. The molecule has 0 saturated heterocycles. The lowest BCUT2D eigenvalue weighted by molar-refractivity contribution is 0.280. The highest BCUT2D eigenvalue weighted by atomic mass is 32.9. The first-order valence-corrected chi connectivity index (χ1v) is 19.9. The molecule has 2 rings (SSSR count). The van der Waals surface area contributed by atoms with Gasteiger partial charge in [0.15, 0.2) is 8.68 Å². The Balaban J connectivity index is 1.79. The Hall–Kier alpha value is 0.960. The van der Waals surface area contributed by atoms with Gasteiger partial charge in [0.2, 0.25) is 0 Å². The van der Waals surface area contributed by atoms with Crippen LogP contribution in [0.15, 0.2) is 8.68 Å². The molecule has 0 aliphatic heterocycles. The van der Waals surface area contributed by atoms with Crippen molar-refractivity contribution in [3.8, 4) is 0 Å². The van der Waals surface area contributed by atoms with Crippen LogP contribution in [0.3, 0.4) is 0 Å². The van der Waals surface area contributed by atoms with E-state index >= 15 is 0 Å². The zero-order chi connectivity index (χ0) is 23.5. The maximum Gasteiger partial charge on any atom is 0.254 e.